The van der Waals surface area contributed by atoms with Crippen molar-refractivity contribution in [2.45, 2.75) is 13.8 Å². The number of piperazine rings is 1. The second kappa shape index (κ2) is 6.24. The molecule has 2 aromatic heterocycles. The van der Waals surface area contributed by atoms with Gasteiger partial charge in [0.05, 0.1) is 0 Å². The first-order valence-electron chi connectivity index (χ1n) is 8.66. The van der Waals surface area contributed by atoms with E-state index < -0.39 is 0 Å². The van der Waals surface area contributed by atoms with Crippen molar-refractivity contribution in [3.8, 4) is 0 Å². The van der Waals surface area contributed by atoms with Gasteiger partial charge in [-0.05, 0) is 49.7 Å². The summed E-state index contributed by atoms with van der Waals surface area (Å²) in [5.41, 5.74) is 5.40. The number of rotatable bonds is 2. The molecule has 128 valence electrons. The van der Waals surface area contributed by atoms with Gasteiger partial charge in [0, 0.05) is 66.4 Å². The Morgan fingerprint density at radius 2 is 1.76 bits per heavy atom. The molecule has 1 aliphatic rings. The molecule has 1 aromatic carbocycles. The average molecular weight is 334 g/mol. The Hall–Kier alpha value is -2.82. The molecule has 1 aliphatic heterocycles. The van der Waals surface area contributed by atoms with Gasteiger partial charge in [-0.25, -0.2) is 0 Å². The highest BCUT2D eigenvalue weighted by Crippen LogP contribution is 2.23. The van der Waals surface area contributed by atoms with Crippen LogP contribution < -0.4 is 4.90 Å². The summed E-state index contributed by atoms with van der Waals surface area (Å²) >= 11 is 0. The van der Waals surface area contributed by atoms with Crippen molar-refractivity contribution in [1.29, 1.82) is 0 Å². The number of benzene rings is 1. The van der Waals surface area contributed by atoms with Gasteiger partial charge in [0.1, 0.15) is 0 Å². The topological polar surface area (TPSA) is 52.2 Å². The summed E-state index contributed by atoms with van der Waals surface area (Å²) in [5, 5.41) is 1.14. The van der Waals surface area contributed by atoms with Crippen molar-refractivity contribution in [2.75, 3.05) is 31.1 Å². The van der Waals surface area contributed by atoms with Crippen molar-refractivity contribution in [1.82, 2.24) is 14.9 Å². The van der Waals surface area contributed by atoms with E-state index in [1.165, 1.54) is 11.3 Å². The van der Waals surface area contributed by atoms with Crippen LogP contribution in [0, 0.1) is 13.8 Å². The normalized spacial score (nSPS) is 15.0. The summed E-state index contributed by atoms with van der Waals surface area (Å²) in [6, 6.07) is 9.99. The van der Waals surface area contributed by atoms with E-state index in [2.05, 4.69) is 28.7 Å². The van der Waals surface area contributed by atoms with Crippen molar-refractivity contribution in [3.05, 3.63) is 59.5 Å². The van der Waals surface area contributed by atoms with Gasteiger partial charge in [-0.3, -0.25) is 9.78 Å². The summed E-state index contributed by atoms with van der Waals surface area (Å²) in [4.78, 5) is 24.6. The molecule has 0 spiro atoms. The number of fused-ring (bicyclic) bond motifs is 1. The van der Waals surface area contributed by atoms with E-state index in [1.807, 2.05) is 47.6 Å². The third kappa shape index (κ3) is 2.86. The first-order chi connectivity index (χ1) is 12.1. The van der Waals surface area contributed by atoms with Crippen molar-refractivity contribution in [3.63, 3.8) is 0 Å². The molecule has 1 N–H and O–H groups in total. The standard InChI is InChI=1S/C20H22N4O/c1-14-15(2)22-19-4-3-16(13-18(14)19)20(25)24-11-9-23(10-12-24)17-5-7-21-8-6-17/h3-8,13,22H,9-12H2,1-2H3. The van der Waals surface area contributed by atoms with Crippen LogP contribution in [0.4, 0.5) is 5.69 Å². The highest BCUT2D eigenvalue weighted by atomic mass is 16.2. The number of pyridine rings is 1. The zero-order valence-corrected chi connectivity index (χ0v) is 14.6. The number of nitrogens with one attached hydrogen (secondary N) is 1. The third-order valence-electron chi connectivity index (χ3n) is 5.15. The maximum atomic E-state index is 12.9. The Balaban J connectivity index is 1.50. The van der Waals surface area contributed by atoms with Crippen LogP contribution in [0.2, 0.25) is 0 Å². The summed E-state index contributed by atoms with van der Waals surface area (Å²) in [7, 11) is 0. The first kappa shape index (κ1) is 15.7. The number of hydrogen-bond acceptors (Lipinski definition) is 3. The highest BCUT2D eigenvalue weighted by molar-refractivity contribution is 5.99. The van der Waals surface area contributed by atoms with Gasteiger partial charge in [0.2, 0.25) is 0 Å². The van der Waals surface area contributed by atoms with Crippen LogP contribution in [0.3, 0.4) is 0 Å². The number of anilines is 1. The molecule has 25 heavy (non-hydrogen) atoms. The molecular weight excluding hydrogens is 312 g/mol. The van der Waals surface area contributed by atoms with Crippen molar-refractivity contribution < 1.29 is 4.79 Å². The van der Waals surface area contributed by atoms with Crippen LogP contribution in [-0.4, -0.2) is 47.0 Å². The molecular formula is C20H22N4O. The SMILES string of the molecule is Cc1[nH]c2ccc(C(=O)N3CCN(c4ccncc4)CC3)cc2c1C. The molecule has 0 aliphatic carbocycles. The van der Waals surface area contributed by atoms with Crippen LogP contribution >= 0.6 is 0 Å². The third-order valence-corrected chi connectivity index (χ3v) is 5.15. The minimum atomic E-state index is 0.120. The summed E-state index contributed by atoms with van der Waals surface area (Å²) in [5.74, 6) is 0.120. The molecule has 0 radical (unpaired) electrons. The van der Waals surface area contributed by atoms with Crippen LogP contribution in [0.25, 0.3) is 10.9 Å². The Bertz CT molecular complexity index is 908. The molecule has 0 atom stereocenters. The molecule has 5 heteroatoms. The van der Waals surface area contributed by atoms with E-state index in [0.29, 0.717) is 0 Å². The van der Waals surface area contributed by atoms with E-state index >= 15 is 0 Å². The Morgan fingerprint density at radius 3 is 2.48 bits per heavy atom. The van der Waals surface area contributed by atoms with Crippen LogP contribution in [-0.2, 0) is 0 Å². The quantitative estimate of drug-likeness (QED) is 0.783. The Kier molecular flexibility index (Phi) is 3.92. The average Bonchev–Trinajstić information content (AvgIpc) is 2.95. The largest absolute Gasteiger partial charge is 0.368 e. The molecule has 5 nitrogen and oxygen atoms in total. The van der Waals surface area contributed by atoms with Gasteiger partial charge in [-0.1, -0.05) is 0 Å². The van der Waals surface area contributed by atoms with E-state index in [-0.39, 0.29) is 5.91 Å². The van der Waals surface area contributed by atoms with Gasteiger partial charge in [0.15, 0.2) is 0 Å². The number of aryl methyl sites for hydroxylation is 2. The Labute approximate surface area is 147 Å². The van der Waals surface area contributed by atoms with Gasteiger partial charge in [-0.2, -0.15) is 0 Å². The van der Waals surface area contributed by atoms with E-state index in [0.717, 1.165) is 48.3 Å². The lowest BCUT2D eigenvalue weighted by molar-refractivity contribution is 0.0747. The second-order valence-corrected chi connectivity index (χ2v) is 6.62. The Morgan fingerprint density at radius 1 is 1.04 bits per heavy atom. The molecule has 0 bridgehead atoms. The molecule has 0 unspecified atom stereocenters. The van der Waals surface area contributed by atoms with Crippen LogP contribution in [0.5, 0.6) is 0 Å². The molecule has 1 saturated heterocycles. The summed E-state index contributed by atoms with van der Waals surface area (Å²) in [6.07, 6.45) is 3.62. The molecule has 0 saturated carbocycles. The molecule has 1 fully saturated rings. The fraction of sp³-hybridized carbons (Fsp3) is 0.300. The number of aromatic nitrogens is 2. The second-order valence-electron chi connectivity index (χ2n) is 6.62. The van der Waals surface area contributed by atoms with Crippen LogP contribution in [0.15, 0.2) is 42.7 Å². The summed E-state index contributed by atoms with van der Waals surface area (Å²) < 4.78 is 0. The lowest BCUT2D eigenvalue weighted by Gasteiger charge is -2.36. The monoisotopic (exact) mass is 334 g/mol. The smallest absolute Gasteiger partial charge is 0.253 e. The first-order valence-corrected chi connectivity index (χ1v) is 8.66. The van der Waals surface area contributed by atoms with Crippen molar-refractivity contribution in [2.24, 2.45) is 0 Å². The van der Waals surface area contributed by atoms with Crippen molar-refractivity contribution >= 4 is 22.5 Å². The lowest BCUT2D eigenvalue weighted by atomic mass is 10.1. The van der Waals surface area contributed by atoms with E-state index in [9.17, 15) is 4.79 Å². The number of carbonyl (C=O) groups excluding carboxylic acids is 1. The molecule has 3 aromatic rings. The number of H-pyrrole nitrogens is 1. The fourth-order valence-corrected chi connectivity index (χ4v) is 3.50. The maximum absolute atomic E-state index is 12.9. The summed E-state index contributed by atoms with van der Waals surface area (Å²) in [6.45, 7) is 7.33. The minimum Gasteiger partial charge on any atom is -0.368 e. The lowest BCUT2D eigenvalue weighted by Crippen LogP contribution is -2.48. The molecule has 1 amide bonds. The van der Waals surface area contributed by atoms with Gasteiger partial charge in [-0.15, -0.1) is 0 Å². The number of carbonyl (C=O) groups is 1. The zero-order valence-electron chi connectivity index (χ0n) is 14.6. The fourth-order valence-electron chi connectivity index (χ4n) is 3.50. The van der Waals surface area contributed by atoms with Gasteiger partial charge < -0.3 is 14.8 Å². The van der Waals surface area contributed by atoms with Crippen LogP contribution in [0.1, 0.15) is 21.6 Å². The number of hydrogen-bond donors (Lipinski definition) is 1. The molecule has 4 rings (SSSR count). The van der Waals surface area contributed by atoms with Gasteiger partial charge in [0.25, 0.3) is 5.91 Å². The number of nitrogens with zero attached hydrogens (tertiary/aromatic N) is 3. The predicted molar refractivity (Wildman–Crippen MR) is 100 cm³/mol. The number of aromatic amines is 1. The van der Waals surface area contributed by atoms with E-state index in [4.69, 9.17) is 0 Å². The minimum absolute atomic E-state index is 0.120. The maximum Gasteiger partial charge on any atom is 0.253 e. The molecule has 3 heterocycles. The van der Waals surface area contributed by atoms with Gasteiger partial charge >= 0.3 is 0 Å². The highest BCUT2D eigenvalue weighted by Gasteiger charge is 2.22. The zero-order chi connectivity index (χ0) is 17.4. The predicted octanol–water partition coefficient (Wildman–Crippen LogP) is 3.14. The number of amides is 1. The van der Waals surface area contributed by atoms with E-state index in [1.54, 1.807) is 0 Å².